The predicted molar refractivity (Wildman–Crippen MR) is 126 cm³/mol. The molecule has 8 nitrogen and oxygen atoms in total. The lowest BCUT2D eigenvalue weighted by Gasteiger charge is -2.25. The second-order valence-corrected chi connectivity index (χ2v) is 9.14. The fourth-order valence-corrected chi connectivity index (χ4v) is 4.42. The Hall–Kier alpha value is -3.04. The summed E-state index contributed by atoms with van der Waals surface area (Å²) in [6, 6.07) is 9.61. The van der Waals surface area contributed by atoms with Crippen LogP contribution in [0.25, 0.3) is 10.7 Å². The largest absolute Gasteiger partial charge is 0.376 e. The third kappa shape index (κ3) is 6.06. The third-order valence-corrected chi connectivity index (χ3v) is 6.64. The third-order valence-electron chi connectivity index (χ3n) is 5.78. The van der Waals surface area contributed by atoms with E-state index in [0.29, 0.717) is 31.3 Å². The number of rotatable bonds is 9. The van der Waals surface area contributed by atoms with Crippen LogP contribution in [0.15, 0.2) is 40.2 Å². The number of thiophene rings is 1. The van der Waals surface area contributed by atoms with E-state index in [9.17, 15) is 9.59 Å². The van der Waals surface area contributed by atoms with Gasteiger partial charge >= 0.3 is 0 Å². The number of ether oxygens (including phenoxy) is 1. The highest BCUT2D eigenvalue weighted by Crippen LogP contribution is 2.22. The minimum Gasteiger partial charge on any atom is -0.376 e. The second kappa shape index (κ2) is 10.7. The van der Waals surface area contributed by atoms with Gasteiger partial charge in [0.05, 0.1) is 17.5 Å². The summed E-state index contributed by atoms with van der Waals surface area (Å²) in [4.78, 5) is 32.7. The first-order valence-electron chi connectivity index (χ1n) is 11.1. The molecule has 1 aliphatic heterocycles. The van der Waals surface area contributed by atoms with Crippen molar-refractivity contribution in [2.75, 3.05) is 25.0 Å². The highest BCUT2D eigenvalue weighted by Gasteiger charge is 2.25. The van der Waals surface area contributed by atoms with E-state index in [4.69, 9.17) is 9.26 Å². The number of aromatic nitrogens is 2. The first-order valence-corrected chi connectivity index (χ1v) is 12.0. The quantitative estimate of drug-likeness (QED) is 0.510. The zero-order valence-corrected chi connectivity index (χ0v) is 19.7. The summed E-state index contributed by atoms with van der Waals surface area (Å²) in [5.74, 6) is 0.561. The Labute approximate surface area is 196 Å². The molecule has 2 amide bonds. The summed E-state index contributed by atoms with van der Waals surface area (Å²) >= 11 is 1.53. The number of hydrogen-bond acceptors (Lipinski definition) is 7. The van der Waals surface area contributed by atoms with Gasteiger partial charge in [-0.2, -0.15) is 4.98 Å². The summed E-state index contributed by atoms with van der Waals surface area (Å²) < 4.78 is 11.0. The maximum absolute atomic E-state index is 13.1. The van der Waals surface area contributed by atoms with Gasteiger partial charge in [0.15, 0.2) is 0 Å². The van der Waals surface area contributed by atoms with E-state index < -0.39 is 0 Å². The van der Waals surface area contributed by atoms with E-state index in [1.54, 1.807) is 4.90 Å². The molecular weight excluding hydrogens is 440 g/mol. The second-order valence-electron chi connectivity index (χ2n) is 8.19. The summed E-state index contributed by atoms with van der Waals surface area (Å²) in [5.41, 5.74) is 2.87. The number of aryl methyl sites for hydroxylation is 2. The molecular formula is C24H28N4O4S. The molecule has 1 fully saturated rings. The normalized spacial score (nSPS) is 15.5. The molecule has 174 valence electrons. The Morgan fingerprint density at radius 1 is 1.24 bits per heavy atom. The summed E-state index contributed by atoms with van der Waals surface area (Å²) in [5, 5.41) is 8.88. The van der Waals surface area contributed by atoms with E-state index >= 15 is 0 Å². The van der Waals surface area contributed by atoms with Gasteiger partial charge in [0, 0.05) is 31.7 Å². The molecule has 3 aromatic rings. The zero-order valence-electron chi connectivity index (χ0n) is 18.9. The van der Waals surface area contributed by atoms with E-state index in [-0.39, 0.29) is 30.9 Å². The molecule has 4 rings (SSSR count). The average Bonchev–Trinajstić information content (AvgIpc) is 3.57. The number of hydrogen-bond donors (Lipinski definition) is 1. The lowest BCUT2D eigenvalue weighted by molar-refractivity contribution is -0.136. The van der Waals surface area contributed by atoms with Crippen LogP contribution < -0.4 is 5.32 Å². The van der Waals surface area contributed by atoms with E-state index in [1.807, 2.05) is 49.6 Å². The van der Waals surface area contributed by atoms with Crippen molar-refractivity contribution in [3.05, 3.63) is 52.7 Å². The number of carbonyl (C=O) groups excluding carboxylic acids is 2. The monoisotopic (exact) mass is 468 g/mol. The number of nitrogens with zero attached hydrogens (tertiary/aromatic N) is 3. The fraction of sp³-hybridized carbons (Fsp3) is 0.417. The molecule has 0 bridgehead atoms. The average molecular weight is 469 g/mol. The topological polar surface area (TPSA) is 97.6 Å². The smallest absolute Gasteiger partial charge is 0.244 e. The van der Waals surface area contributed by atoms with Crippen LogP contribution in [-0.4, -0.2) is 52.7 Å². The number of anilines is 1. The highest BCUT2D eigenvalue weighted by atomic mass is 32.1. The van der Waals surface area contributed by atoms with Crippen LogP contribution in [0.3, 0.4) is 0 Å². The van der Waals surface area contributed by atoms with Gasteiger partial charge in [-0.05, 0) is 55.3 Å². The van der Waals surface area contributed by atoms with Crippen LogP contribution >= 0.6 is 11.3 Å². The predicted octanol–water partition coefficient (Wildman–Crippen LogP) is 3.99. The minimum absolute atomic E-state index is 0.0314. The lowest BCUT2D eigenvalue weighted by Crippen LogP contribution is -2.42. The minimum atomic E-state index is -0.229. The maximum atomic E-state index is 13.1. The highest BCUT2D eigenvalue weighted by molar-refractivity contribution is 7.13. The van der Waals surface area contributed by atoms with Crippen molar-refractivity contribution in [1.82, 2.24) is 15.0 Å². The lowest BCUT2D eigenvalue weighted by atomic mass is 10.1. The van der Waals surface area contributed by atoms with Gasteiger partial charge in [0.1, 0.15) is 0 Å². The molecule has 33 heavy (non-hydrogen) atoms. The van der Waals surface area contributed by atoms with Gasteiger partial charge in [0.25, 0.3) is 0 Å². The fourth-order valence-electron chi connectivity index (χ4n) is 3.77. The molecule has 1 N–H and O–H groups in total. The Morgan fingerprint density at radius 2 is 2.12 bits per heavy atom. The summed E-state index contributed by atoms with van der Waals surface area (Å²) in [7, 11) is 0. The van der Waals surface area contributed by atoms with Crippen LogP contribution in [0.2, 0.25) is 0 Å². The van der Waals surface area contributed by atoms with Gasteiger partial charge in [-0.15, -0.1) is 11.3 Å². The van der Waals surface area contributed by atoms with Crippen LogP contribution in [0.1, 0.15) is 36.3 Å². The van der Waals surface area contributed by atoms with Crippen molar-refractivity contribution in [1.29, 1.82) is 0 Å². The SMILES string of the molecule is Cc1cccc(NC(=O)CN(CC2CCCO2)C(=O)CCc2nc(-c3cccs3)no2)c1C. The van der Waals surface area contributed by atoms with Crippen LogP contribution in [0.5, 0.6) is 0 Å². The van der Waals surface area contributed by atoms with Crippen LogP contribution in [0.4, 0.5) is 5.69 Å². The zero-order chi connectivity index (χ0) is 23.2. The first-order chi connectivity index (χ1) is 16.0. The molecule has 2 aromatic heterocycles. The number of amides is 2. The van der Waals surface area contributed by atoms with Crippen molar-refractivity contribution < 1.29 is 18.8 Å². The van der Waals surface area contributed by atoms with E-state index in [2.05, 4.69) is 15.5 Å². The molecule has 3 heterocycles. The van der Waals surface area contributed by atoms with Gasteiger partial charge in [-0.25, -0.2) is 0 Å². The molecule has 0 saturated carbocycles. The molecule has 0 aliphatic carbocycles. The van der Waals surface area contributed by atoms with Gasteiger partial charge < -0.3 is 19.5 Å². The van der Waals surface area contributed by atoms with Crippen molar-refractivity contribution in [2.45, 2.75) is 45.6 Å². The molecule has 1 atom stereocenters. The Morgan fingerprint density at radius 3 is 2.88 bits per heavy atom. The molecule has 0 spiro atoms. The number of benzene rings is 1. The molecule has 1 unspecified atom stereocenters. The molecule has 1 saturated heterocycles. The number of carbonyl (C=O) groups is 2. The van der Waals surface area contributed by atoms with Gasteiger partial charge in [-0.3, -0.25) is 9.59 Å². The maximum Gasteiger partial charge on any atom is 0.244 e. The van der Waals surface area contributed by atoms with Crippen molar-refractivity contribution >= 4 is 28.8 Å². The molecule has 0 radical (unpaired) electrons. The van der Waals surface area contributed by atoms with Crippen molar-refractivity contribution in [3.63, 3.8) is 0 Å². The summed E-state index contributed by atoms with van der Waals surface area (Å²) in [6.45, 7) is 5.02. The Balaban J connectivity index is 1.38. The summed E-state index contributed by atoms with van der Waals surface area (Å²) in [6.07, 6.45) is 2.30. The molecule has 1 aromatic carbocycles. The van der Waals surface area contributed by atoms with Crippen LogP contribution in [-0.2, 0) is 20.7 Å². The molecule has 9 heteroatoms. The standard InChI is InChI=1S/C24H28N4O4S/c1-16-6-3-8-19(17(16)2)25-21(29)15-28(14-18-7-4-12-31-18)23(30)11-10-22-26-24(27-32-22)20-9-5-13-33-20/h3,5-6,8-9,13,18H,4,7,10-12,14-15H2,1-2H3,(H,25,29). The van der Waals surface area contributed by atoms with Crippen molar-refractivity contribution in [2.24, 2.45) is 0 Å². The first kappa shape index (κ1) is 23.1. The van der Waals surface area contributed by atoms with Crippen LogP contribution in [0, 0.1) is 13.8 Å². The van der Waals surface area contributed by atoms with E-state index in [1.165, 1.54) is 11.3 Å². The Kier molecular flexibility index (Phi) is 7.51. The van der Waals surface area contributed by atoms with E-state index in [0.717, 1.165) is 34.5 Å². The Bertz CT molecular complexity index is 1090. The van der Waals surface area contributed by atoms with Gasteiger partial charge in [0.2, 0.25) is 23.5 Å². The number of nitrogens with one attached hydrogen (secondary N) is 1. The van der Waals surface area contributed by atoms with Gasteiger partial charge in [-0.1, -0.05) is 23.4 Å². The van der Waals surface area contributed by atoms with Crippen molar-refractivity contribution in [3.8, 4) is 10.7 Å². The molecule has 1 aliphatic rings.